The van der Waals surface area contributed by atoms with Crippen LogP contribution in [0, 0.1) is 0 Å². The van der Waals surface area contributed by atoms with Gasteiger partial charge in [0.05, 0.1) is 19.0 Å². The number of amides is 1. The van der Waals surface area contributed by atoms with Crippen molar-refractivity contribution in [1.29, 1.82) is 0 Å². The van der Waals surface area contributed by atoms with Gasteiger partial charge in [-0.1, -0.05) is 12.1 Å². The molecular weight excluding hydrogens is 266 g/mol. The molecule has 2 rings (SSSR count). The predicted octanol–water partition coefficient (Wildman–Crippen LogP) is 1.72. The second kappa shape index (κ2) is 6.85. The van der Waals surface area contributed by atoms with E-state index < -0.39 is 0 Å². The van der Waals surface area contributed by atoms with Crippen molar-refractivity contribution in [2.75, 3.05) is 13.7 Å². The van der Waals surface area contributed by atoms with E-state index in [4.69, 9.17) is 5.11 Å². The number of carbonyl (C=O) groups excluding carboxylic acids is 1. The van der Waals surface area contributed by atoms with Gasteiger partial charge in [0.1, 0.15) is 0 Å². The molecule has 0 aliphatic heterocycles. The largest absolute Gasteiger partial charge is 0.394 e. The van der Waals surface area contributed by atoms with Crippen molar-refractivity contribution < 1.29 is 9.90 Å². The first kappa shape index (κ1) is 15.0. The Balaban J connectivity index is 2.03. The molecule has 0 bridgehead atoms. The van der Waals surface area contributed by atoms with Crippen LogP contribution in [0.2, 0.25) is 0 Å². The highest BCUT2D eigenvalue weighted by Gasteiger charge is 2.11. The van der Waals surface area contributed by atoms with Crippen LogP contribution < -0.4 is 0 Å². The number of aliphatic hydroxyl groups is 1. The van der Waals surface area contributed by atoms with Gasteiger partial charge >= 0.3 is 0 Å². The maximum absolute atomic E-state index is 11.9. The van der Waals surface area contributed by atoms with Crippen molar-refractivity contribution in [3.63, 3.8) is 0 Å². The van der Waals surface area contributed by atoms with Crippen LogP contribution in [0.3, 0.4) is 0 Å². The van der Waals surface area contributed by atoms with Crippen molar-refractivity contribution in [3.8, 4) is 5.69 Å². The zero-order valence-corrected chi connectivity index (χ0v) is 12.2. The molecule has 0 aliphatic carbocycles. The molecule has 1 heterocycles. The van der Waals surface area contributed by atoms with Crippen LogP contribution in [0.5, 0.6) is 0 Å². The fourth-order valence-electron chi connectivity index (χ4n) is 1.79. The smallest absolute Gasteiger partial charge is 0.246 e. The molecule has 1 N–H and O–H groups in total. The van der Waals surface area contributed by atoms with Gasteiger partial charge in [0, 0.05) is 31.2 Å². The first-order valence-corrected chi connectivity index (χ1v) is 6.76. The zero-order chi connectivity index (χ0) is 15.2. The minimum Gasteiger partial charge on any atom is -0.394 e. The van der Waals surface area contributed by atoms with Crippen molar-refractivity contribution in [3.05, 3.63) is 54.6 Å². The average molecular weight is 285 g/mol. The van der Waals surface area contributed by atoms with E-state index in [2.05, 4.69) is 4.98 Å². The van der Waals surface area contributed by atoms with Crippen LogP contribution in [0.15, 0.2) is 49.1 Å². The van der Waals surface area contributed by atoms with Crippen molar-refractivity contribution in [2.24, 2.45) is 0 Å². The minimum atomic E-state index is -0.189. The number of benzene rings is 1. The molecule has 1 aromatic heterocycles. The maximum atomic E-state index is 11.9. The Labute approximate surface area is 124 Å². The molecule has 0 fully saturated rings. The molecule has 0 saturated carbocycles. The number of rotatable bonds is 5. The predicted molar refractivity (Wildman–Crippen MR) is 81.9 cm³/mol. The number of carbonyl (C=O) groups is 1. The summed E-state index contributed by atoms with van der Waals surface area (Å²) in [5.41, 5.74) is 1.96. The SMILES string of the molecule is CC(CO)N(C)C(=O)/C=C/c1ccc(-n2ccnc2)cc1. The molecule has 1 amide bonds. The molecule has 21 heavy (non-hydrogen) atoms. The minimum absolute atomic E-state index is 0.0459. The van der Waals surface area contributed by atoms with E-state index in [-0.39, 0.29) is 18.6 Å². The summed E-state index contributed by atoms with van der Waals surface area (Å²) in [6.45, 7) is 1.75. The van der Waals surface area contributed by atoms with E-state index in [1.807, 2.05) is 35.0 Å². The Bertz CT molecular complexity index is 603. The first-order valence-electron chi connectivity index (χ1n) is 6.76. The molecule has 1 unspecified atom stereocenters. The monoisotopic (exact) mass is 285 g/mol. The molecule has 5 heteroatoms. The van der Waals surface area contributed by atoms with E-state index >= 15 is 0 Å². The van der Waals surface area contributed by atoms with Crippen LogP contribution in [0.1, 0.15) is 12.5 Å². The summed E-state index contributed by atoms with van der Waals surface area (Å²) in [6, 6.07) is 7.62. The highest BCUT2D eigenvalue weighted by atomic mass is 16.3. The number of nitrogens with zero attached hydrogens (tertiary/aromatic N) is 3. The van der Waals surface area contributed by atoms with Gasteiger partial charge in [0.25, 0.3) is 0 Å². The molecular formula is C16H19N3O2. The van der Waals surface area contributed by atoms with Crippen LogP contribution in [0.4, 0.5) is 0 Å². The summed E-state index contributed by atoms with van der Waals surface area (Å²) < 4.78 is 1.91. The lowest BCUT2D eigenvalue weighted by Gasteiger charge is -2.21. The standard InChI is InChI=1S/C16H19N3O2/c1-13(11-20)18(2)16(21)8-5-14-3-6-15(7-4-14)19-10-9-17-12-19/h3-10,12-13,20H,11H2,1-2H3/b8-5+. The molecule has 0 spiro atoms. The molecule has 1 aromatic carbocycles. The van der Waals surface area contributed by atoms with Gasteiger partial charge in [-0.25, -0.2) is 4.98 Å². The van der Waals surface area contributed by atoms with Gasteiger partial charge in [0.15, 0.2) is 0 Å². The van der Waals surface area contributed by atoms with E-state index in [0.29, 0.717) is 0 Å². The van der Waals surface area contributed by atoms with Gasteiger partial charge in [0.2, 0.25) is 5.91 Å². The van der Waals surface area contributed by atoms with Gasteiger partial charge in [-0.15, -0.1) is 0 Å². The Morgan fingerprint density at radius 2 is 2.14 bits per heavy atom. The van der Waals surface area contributed by atoms with Gasteiger partial charge < -0.3 is 14.6 Å². The van der Waals surface area contributed by atoms with Crippen molar-refractivity contribution in [1.82, 2.24) is 14.5 Å². The summed E-state index contributed by atoms with van der Waals surface area (Å²) in [6.07, 6.45) is 8.61. The van der Waals surface area contributed by atoms with Crippen LogP contribution >= 0.6 is 0 Å². The van der Waals surface area contributed by atoms with Crippen molar-refractivity contribution in [2.45, 2.75) is 13.0 Å². The quantitative estimate of drug-likeness (QED) is 0.851. The van der Waals surface area contributed by atoms with E-state index in [1.54, 1.807) is 32.6 Å². The third kappa shape index (κ3) is 3.79. The fourth-order valence-corrected chi connectivity index (χ4v) is 1.79. The van der Waals surface area contributed by atoms with Crippen molar-refractivity contribution >= 4 is 12.0 Å². The number of aliphatic hydroxyl groups excluding tert-OH is 1. The molecule has 110 valence electrons. The summed E-state index contributed by atoms with van der Waals surface area (Å²) in [7, 11) is 1.68. The molecule has 1 atom stereocenters. The fraction of sp³-hybridized carbons (Fsp3) is 0.250. The topological polar surface area (TPSA) is 58.4 Å². The highest BCUT2D eigenvalue weighted by Crippen LogP contribution is 2.10. The second-order valence-electron chi connectivity index (χ2n) is 4.88. The van der Waals surface area contributed by atoms with Crippen LogP contribution in [-0.4, -0.2) is 45.2 Å². The number of likely N-dealkylation sites (N-methyl/N-ethyl adjacent to an activating group) is 1. The number of hydrogen-bond donors (Lipinski definition) is 1. The molecule has 5 nitrogen and oxygen atoms in total. The Morgan fingerprint density at radius 1 is 1.43 bits per heavy atom. The van der Waals surface area contributed by atoms with E-state index in [0.717, 1.165) is 11.3 Å². The Hall–Kier alpha value is -2.40. The Kier molecular flexibility index (Phi) is 4.90. The molecule has 0 aliphatic rings. The normalized spacial score (nSPS) is 12.5. The third-order valence-electron chi connectivity index (χ3n) is 3.39. The van der Waals surface area contributed by atoms with Crippen LogP contribution in [-0.2, 0) is 4.79 Å². The van der Waals surface area contributed by atoms with Gasteiger partial charge in [-0.3, -0.25) is 4.79 Å². The number of hydrogen-bond acceptors (Lipinski definition) is 3. The van der Waals surface area contributed by atoms with Crippen LogP contribution in [0.25, 0.3) is 11.8 Å². The maximum Gasteiger partial charge on any atom is 0.246 e. The lowest BCUT2D eigenvalue weighted by molar-refractivity contribution is -0.127. The van der Waals surface area contributed by atoms with Gasteiger partial charge in [-0.05, 0) is 30.7 Å². The number of imidazole rings is 1. The molecule has 0 saturated heterocycles. The van der Waals surface area contributed by atoms with Gasteiger partial charge in [-0.2, -0.15) is 0 Å². The summed E-state index contributed by atoms with van der Waals surface area (Å²) in [5.74, 6) is -0.129. The first-order chi connectivity index (χ1) is 10.1. The van der Waals surface area contributed by atoms with E-state index in [1.165, 1.54) is 11.0 Å². The lowest BCUT2D eigenvalue weighted by atomic mass is 10.2. The third-order valence-corrected chi connectivity index (χ3v) is 3.39. The number of aromatic nitrogens is 2. The lowest BCUT2D eigenvalue weighted by Crippen LogP contribution is -2.36. The molecule has 2 aromatic rings. The zero-order valence-electron chi connectivity index (χ0n) is 12.2. The summed E-state index contributed by atoms with van der Waals surface area (Å²) in [4.78, 5) is 17.4. The summed E-state index contributed by atoms with van der Waals surface area (Å²) in [5, 5.41) is 9.03. The Morgan fingerprint density at radius 3 is 2.71 bits per heavy atom. The summed E-state index contributed by atoms with van der Waals surface area (Å²) >= 11 is 0. The van der Waals surface area contributed by atoms with E-state index in [9.17, 15) is 4.79 Å². The average Bonchev–Trinajstić information content (AvgIpc) is 3.06. The second-order valence-corrected chi connectivity index (χ2v) is 4.88. The molecule has 0 radical (unpaired) electrons. The highest BCUT2D eigenvalue weighted by molar-refractivity contribution is 5.91.